The lowest BCUT2D eigenvalue weighted by molar-refractivity contribution is 0.108. The minimum Gasteiger partial charge on any atom is -0.281 e. The lowest BCUT2D eigenvalue weighted by Gasteiger charge is -2.29. The van der Waals surface area contributed by atoms with Crippen LogP contribution in [0.5, 0.6) is 0 Å². The second-order valence-corrected chi connectivity index (χ2v) is 15.2. The quantitative estimate of drug-likeness (QED) is 0.0748. The average molecular weight is 580 g/mol. The van der Waals surface area contributed by atoms with Crippen molar-refractivity contribution in [3.63, 3.8) is 0 Å². The molecule has 0 saturated carbocycles. The first kappa shape index (κ1) is 31.0. The molecule has 0 aromatic heterocycles. The summed E-state index contributed by atoms with van der Waals surface area (Å²) in [6.45, 7) is 6.37. The molecule has 3 heteroatoms. The van der Waals surface area contributed by atoms with E-state index >= 15 is 0 Å². The van der Waals surface area contributed by atoms with Crippen molar-refractivity contribution >= 4 is 45.4 Å². The van der Waals surface area contributed by atoms with Gasteiger partial charge >= 0.3 is 0 Å². The largest absolute Gasteiger partial charge is 0.281 e. The average Bonchev–Trinajstić information content (AvgIpc) is 3.04. The molecule has 4 aromatic carbocycles. The fourth-order valence-corrected chi connectivity index (χ4v) is 11.1. The lowest BCUT2D eigenvalue weighted by Crippen LogP contribution is -2.40. The molecule has 0 aliphatic carbocycles. The van der Waals surface area contributed by atoms with E-state index in [1.54, 1.807) is 0 Å². The third kappa shape index (κ3) is 7.88. The predicted molar refractivity (Wildman–Crippen MR) is 184 cm³/mol. The molecule has 0 amide bonds. The number of hydrogen-bond donors (Lipinski definition) is 0. The molecule has 0 spiro atoms. The summed E-state index contributed by atoms with van der Waals surface area (Å²) in [6.07, 6.45) is 13.3. The Hall–Kier alpha value is -2.93. The van der Waals surface area contributed by atoms with Gasteiger partial charge in [0.05, 0.1) is 5.56 Å². The molecule has 4 rings (SSSR count). The Kier molecular flexibility index (Phi) is 12.5. The molecule has 1 nitrogen and oxygen atoms in total. The first-order valence-electron chi connectivity index (χ1n) is 15.2. The first-order valence-corrected chi connectivity index (χ1v) is 17.9. The molecule has 0 heterocycles. The van der Waals surface area contributed by atoms with Gasteiger partial charge < -0.3 is 0 Å². The Bertz CT molecular complexity index is 1240. The number of thioether (sulfide) groups is 1. The predicted octanol–water partition coefficient (Wildman–Crippen LogP) is 9.26. The highest BCUT2D eigenvalue weighted by Crippen LogP contribution is 2.55. The van der Waals surface area contributed by atoms with Crippen molar-refractivity contribution in [2.45, 2.75) is 70.0 Å². The van der Waals surface area contributed by atoms with Crippen LogP contribution in [0.15, 0.2) is 128 Å². The summed E-state index contributed by atoms with van der Waals surface area (Å²) < 4.78 is 0. The van der Waals surface area contributed by atoms with Gasteiger partial charge in [0.2, 0.25) is 5.12 Å². The first-order chi connectivity index (χ1) is 20.2. The van der Waals surface area contributed by atoms with Crippen LogP contribution < -0.4 is 21.2 Å². The van der Waals surface area contributed by atoms with E-state index in [-0.39, 0.29) is 10.4 Å². The van der Waals surface area contributed by atoms with Gasteiger partial charge in [-0.05, 0) is 55.0 Å². The van der Waals surface area contributed by atoms with Crippen molar-refractivity contribution in [3.05, 3.63) is 133 Å². The van der Waals surface area contributed by atoms with Crippen LogP contribution in [-0.4, -0.2) is 10.4 Å². The summed E-state index contributed by atoms with van der Waals surface area (Å²) in [5.41, 5.74) is 0.810. The molecule has 0 aliphatic rings. The Morgan fingerprint density at radius 3 is 1.59 bits per heavy atom. The normalized spacial score (nSPS) is 12.1. The van der Waals surface area contributed by atoms with E-state index in [9.17, 15) is 4.79 Å². The maximum absolute atomic E-state index is 14.1. The number of hydrogen-bond acceptors (Lipinski definition) is 2. The molecule has 0 fully saturated rings. The summed E-state index contributed by atoms with van der Waals surface area (Å²) in [4.78, 5) is 14.1. The van der Waals surface area contributed by atoms with Gasteiger partial charge in [-0.1, -0.05) is 143 Å². The summed E-state index contributed by atoms with van der Waals surface area (Å²) in [5.74, 6) is 0. The van der Waals surface area contributed by atoms with Crippen LogP contribution >= 0.6 is 19.0 Å². The number of rotatable bonds is 16. The van der Waals surface area contributed by atoms with Crippen LogP contribution in [-0.2, 0) is 0 Å². The van der Waals surface area contributed by atoms with Gasteiger partial charge in [0, 0.05) is 5.25 Å². The minimum absolute atomic E-state index is 0.119. The zero-order valence-corrected chi connectivity index (χ0v) is 26.2. The highest BCUT2D eigenvalue weighted by molar-refractivity contribution is 8.15. The van der Waals surface area contributed by atoms with Gasteiger partial charge in [-0.15, -0.1) is 6.58 Å². The lowest BCUT2D eigenvalue weighted by atomic mass is 10.1. The van der Waals surface area contributed by atoms with Crippen LogP contribution in [0.4, 0.5) is 0 Å². The summed E-state index contributed by atoms with van der Waals surface area (Å²) >= 11 is 1.45. The van der Waals surface area contributed by atoms with Crippen LogP contribution in [0.2, 0.25) is 0 Å². The van der Waals surface area contributed by atoms with Crippen molar-refractivity contribution in [2.75, 3.05) is 0 Å². The van der Waals surface area contributed by atoms with E-state index in [4.69, 9.17) is 0 Å². The zero-order valence-electron chi connectivity index (χ0n) is 24.5. The summed E-state index contributed by atoms with van der Waals surface area (Å²) in [7, 11) is -2.35. The third-order valence-corrected chi connectivity index (χ3v) is 13.3. The Labute approximate surface area is 252 Å². The second kappa shape index (κ2) is 16.5. The molecule has 41 heavy (non-hydrogen) atoms. The molecule has 0 radical (unpaired) electrons. The topological polar surface area (TPSA) is 17.1 Å². The Morgan fingerprint density at radius 1 is 0.659 bits per heavy atom. The maximum atomic E-state index is 14.1. The highest BCUT2D eigenvalue weighted by Gasteiger charge is 2.49. The molecular weight excluding hydrogens is 535 g/mol. The SMILES string of the molecule is C=CC(CCCCCCCCCC)SC(=O)c1ccccc1[P+](c1ccccc1)(c1ccccc1)c1ccccc1. The zero-order chi connectivity index (χ0) is 28.8. The number of carbonyl (C=O) groups excluding carboxylic acids is 1. The van der Waals surface area contributed by atoms with Crippen molar-refractivity contribution in [2.24, 2.45) is 0 Å². The summed E-state index contributed by atoms with van der Waals surface area (Å²) in [6, 6.07) is 40.6. The van der Waals surface area contributed by atoms with E-state index in [0.29, 0.717) is 0 Å². The number of carbonyl (C=O) groups is 1. The molecule has 1 unspecified atom stereocenters. The van der Waals surface area contributed by atoms with Crippen LogP contribution in [0.3, 0.4) is 0 Å². The smallest absolute Gasteiger partial charge is 0.223 e. The van der Waals surface area contributed by atoms with E-state index in [1.165, 1.54) is 72.6 Å². The van der Waals surface area contributed by atoms with Crippen molar-refractivity contribution in [3.8, 4) is 0 Å². The Balaban J connectivity index is 1.65. The molecule has 1 atom stereocenters. The fourth-order valence-electron chi connectivity index (χ4n) is 5.66. The van der Waals surface area contributed by atoms with Crippen molar-refractivity contribution in [1.29, 1.82) is 0 Å². The van der Waals surface area contributed by atoms with Crippen LogP contribution in [0, 0.1) is 0 Å². The van der Waals surface area contributed by atoms with Gasteiger partial charge in [0.1, 0.15) is 28.5 Å². The minimum atomic E-state index is -2.35. The van der Waals surface area contributed by atoms with E-state index in [0.717, 1.165) is 23.7 Å². The van der Waals surface area contributed by atoms with E-state index in [2.05, 4.69) is 117 Å². The van der Waals surface area contributed by atoms with Gasteiger partial charge in [-0.25, -0.2) is 0 Å². The van der Waals surface area contributed by atoms with Crippen molar-refractivity contribution in [1.82, 2.24) is 0 Å². The molecule has 0 aliphatic heterocycles. The molecule has 0 bridgehead atoms. The second-order valence-electron chi connectivity index (χ2n) is 10.6. The molecule has 4 aromatic rings. The standard InChI is InChI=1S/C38H44OPS/c1-3-5-6-7-8-9-10-20-29-35(4-2)41-38(39)36-30-21-22-31-37(36)40(32-23-14-11-15-24-32,33-25-16-12-17-26-33)34-27-18-13-19-28-34/h4,11-19,21-28,30-31,35H,2-3,5-10,20,29H2,1H3/q+1. The third-order valence-electron chi connectivity index (χ3n) is 7.78. The number of benzene rings is 4. The fraction of sp³-hybridized carbons (Fsp3) is 0.289. The van der Waals surface area contributed by atoms with Gasteiger partial charge in [-0.3, -0.25) is 4.79 Å². The van der Waals surface area contributed by atoms with E-state index < -0.39 is 7.26 Å². The molecule has 0 saturated heterocycles. The van der Waals surface area contributed by atoms with E-state index in [1.807, 2.05) is 18.2 Å². The van der Waals surface area contributed by atoms with Crippen molar-refractivity contribution < 1.29 is 4.79 Å². The van der Waals surface area contributed by atoms with Gasteiger partial charge in [-0.2, -0.15) is 0 Å². The maximum Gasteiger partial charge on any atom is 0.223 e. The van der Waals surface area contributed by atoms with Gasteiger partial charge in [0.15, 0.2) is 0 Å². The molecule has 0 N–H and O–H groups in total. The summed E-state index contributed by atoms with van der Waals surface area (Å²) in [5, 5.41) is 5.13. The molecular formula is C38H44OPS+. The van der Waals surface area contributed by atoms with Crippen LogP contribution in [0.1, 0.15) is 75.1 Å². The van der Waals surface area contributed by atoms with Crippen LogP contribution in [0.25, 0.3) is 0 Å². The van der Waals surface area contributed by atoms with Gasteiger partial charge in [0.25, 0.3) is 0 Å². The monoisotopic (exact) mass is 579 g/mol. The number of unbranched alkanes of at least 4 members (excludes halogenated alkanes) is 7. The molecule has 212 valence electrons. The Morgan fingerprint density at radius 2 is 1.10 bits per heavy atom. The highest BCUT2D eigenvalue weighted by atomic mass is 32.2.